The summed E-state index contributed by atoms with van der Waals surface area (Å²) in [5.74, 6) is -0.932. The van der Waals surface area contributed by atoms with Crippen LogP contribution in [0, 0.1) is 5.41 Å². The van der Waals surface area contributed by atoms with Crippen molar-refractivity contribution < 1.29 is 14.4 Å². The van der Waals surface area contributed by atoms with Crippen LogP contribution < -0.4 is 5.32 Å². The number of carbonyl (C=O) groups excluding carboxylic acids is 3. The van der Waals surface area contributed by atoms with E-state index in [0.29, 0.717) is 19.1 Å². The smallest absolute Gasteiger partial charge is 0.302 e. The van der Waals surface area contributed by atoms with Crippen LogP contribution in [0.5, 0.6) is 0 Å². The molecule has 2 fully saturated rings. The summed E-state index contributed by atoms with van der Waals surface area (Å²) in [6.07, 6.45) is 4.86. The van der Waals surface area contributed by atoms with Gasteiger partial charge < -0.3 is 4.90 Å². The van der Waals surface area contributed by atoms with Gasteiger partial charge in [0.05, 0.1) is 0 Å². The zero-order valence-electron chi connectivity index (χ0n) is 12.4. The molecule has 112 valence electrons. The molecular formula is C14H23N3O3. The number of amides is 4. The third kappa shape index (κ3) is 2.70. The number of nitrogens with one attached hydrogen (secondary N) is 1. The molecule has 1 aliphatic carbocycles. The average molecular weight is 281 g/mol. The fourth-order valence-electron chi connectivity index (χ4n) is 2.84. The number of hydrogen-bond acceptors (Lipinski definition) is 4. The Morgan fingerprint density at radius 3 is 2.45 bits per heavy atom. The van der Waals surface area contributed by atoms with E-state index in [1.807, 2.05) is 7.05 Å². The average Bonchev–Trinajstić information content (AvgIpc) is 2.90. The molecule has 4 amide bonds. The number of carbonyl (C=O) groups is 3. The van der Waals surface area contributed by atoms with Gasteiger partial charge in [0.1, 0.15) is 5.41 Å². The van der Waals surface area contributed by atoms with Crippen molar-refractivity contribution in [3.8, 4) is 0 Å². The van der Waals surface area contributed by atoms with Gasteiger partial charge in [-0.15, -0.1) is 0 Å². The number of urea groups is 1. The maximum absolute atomic E-state index is 12.2. The topological polar surface area (TPSA) is 69.7 Å². The second-order valence-corrected chi connectivity index (χ2v) is 6.26. The third-order valence-corrected chi connectivity index (χ3v) is 4.44. The van der Waals surface area contributed by atoms with E-state index in [2.05, 4.69) is 10.2 Å². The lowest BCUT2D eigenvalue weighted by Crippen LogP contribution is -2.62. The van der Waals surface area contributed by atoms with Crippen molar-refractivity contribution in [1.82, 2.24) is 15.1 Å². The minimum absolute atomic E-state index is 0.328. The molecule has 6 nitrogen and oxygen atoms in total. The highest BCUT2D eigenvalue weighted by atomic mass is 16.2. The molecule has 2 rings (SSSR count). The molecule has 1 saturated carbocycles. The molecule has 0 radical (unpaired) electrons. The van der Waals surface area contributed by atoms with Gasteiger partial charge in [0.15, 0.2) is 0 Å². The van der Waals surface area contributed by atoms with Crippen LogP contribution in [0.1, 0.15) is 39.5 Å². The summed E-state index contributed by atoms with van der Waals surface area (Å²) >= 11 is 0. The zero-order valence-corrected chi connectivity index (χ0v) is 12.4. The zero-order chi connectivity index (χ0) is 14.9. The molecule has 0 bridgehead atoms. The summed E-state index contributed by atoms with van der Waals surface area (Å²) in [5, 5.41) is 2.25. The Balaban J connectivity index is 1.95. The van der Waals surface area contributed by atoms with Gasteiger partial charge in [-0.05, 0) is 33.7 Å². The maximum atomic E-state index is 12.2. The Hall–Kier alpha value is -1.43. The largest absolute Gasteiger partial charge is 0.330 e. The van der Waals surface area contributed by atoms with Crippen molar-refractivity contribution in [3.05, 3.63) is 0 Å². The predicted molar refractivity (Wildman–Crippen MR) is 73.9 cm³/mol. The van der Waals surface area contributed by atoms with E-state index in [-0.39, 0.29) is 0 Å². The van der Waals surface area contributed by atoms with Crippen LogP contribution >= 0.6 is 0 Å². The molecule has 1 N–H and O–H groups in total. The van der Waals surface area contributed by atoms with Crippen molar-refractivity contribution in [2.24, 2.45) is 5.41 Å². The third-order valence-electron chi connectivity index (χ3n) is 4.44. The quantitative estimate of drug-likeness (QED) is 0.779. The lowest BCUT2D eigenvalue weighted by Gasteiger charge is -2.35. The summed E-state index contributed by atoms with van der Waals surface area (Å²) in [6, 6.07) is -0.0493. The fourth-order valence-corrected chi connectivity index (χ4v) is 2.84. The number of nitrogens with zero attached hydrogens (tertiary/aromatic N) is 2. The molecule has 0 unspecified atom stereocenters. The Morgan fingerprint density at radius 1 is 1.25 bits per heavy atom. The van der Waals surface area contributed by atoms with Crippen LogP contribution in [0.25, 0.3) is 0 Å². The van der Waals surface area contributed by atoms with E-state index in [0.717, 1.165) is 4.90 Å². The number of likely N-dealkylation sites (N-methyl/N-ethyl adjacent to an activating group) is 1. The highest BCUT2D eigenvalue weighted by molar-refractivity contribution is 6.18. The molecule has 1 aliphatic heterocycles. The number of barbiturate groups is 1. The standard InChI is InChI=1S/C14H23N3O3/c1-14(2)11(18)15-13(20)17(12(14)19)9-8-16(3)10-6-4-5-7-10/h10H,4-9H2,1-3H3,(H,15,18,20). The van der Waals surface area contributed by atoms with Crippen LogP contribution in [0.2, 0.25) is 0 Å². The van der Waals surface area contributed by atoms with Gasteiger partial charge in [-0.2, -0.15) is 0 Å². The van der Waals surface area contributed by atoms with E-state index in [1.165, 1.54) is 25.7 Å². The summed E-state index contributed by atoms with van der Waals surface area (Å²) in [6.45, 7) is 4.07. The molecule has 0 atom stereocenters. The van der Waals surface area contributed by atoms with Crippen molar-refractivity contribution in [1.29, 1.82) is 0 Å². The SMILES string of the molecule is CN(CCN1C(=O)NC(=O)C(C)(C)C1=O)C1CCCC1. The first-order chi connectivity index (χ1) is 9.34. The normalized spacial score (nSPS) is 23.6. The van der Waals surface area contributed by atoms with Gasteiger partial charge in [-0.3, -0.25) is 19.8 Å². The van der Waals surface area contributed by atoms with Crippen molar-refractivity contribution in [2.75, 3.05) is 20.1 Å². The molecule has 2 aliphatic rings. The first-order valence-electron chi connectivity index (χ1n) is 7.21. The fraction of sp³-hybridized carbons (Fsp3) is 0.786. The maximum Gasteiger partial charge on any atom is 0.330 e. The van der Waals surface area contributed by atoms with Gasteiger partial charge in [0.2, 0.25) is 11.8 Å². The Bertz CT molecular complexity index is 427. The summed E-state index contributed by atoms with van der Waals surface area (Å²) in [7, 11) is 2.03. The molecular weight excluding hydrogens is 258 g/mol. The minimum atomic E-state index is -1.17. The van der Waals surface area contributed by atoms with E-state index < -0.39 is 23.3 Å². The van der Waals surface area contributed by atoms with E-state index >= 15 is 0 Å². The highest BCUT2D eigenvalue weighted by Gasteiger charge is 2.46. The molecule has 0 spiro atoms. The van der Waals surface area contributed by atoms with Crippen molar-refractivity contribution >= 4 is 17.8 Å². The highest BCUT2D eigenvalue weighted by Crippen LogP contribution is 2.24. The lowest BCUT2D eigenvalue weighted by molar-refractivity contribution is -0.149. The molecule has 0 aromatic rings. The first kappa shape index (κ1) is 15.0. The van der Waals surface area contributed by atoms with Gasteiger partial charge in [-0.25, -0.2) is 4.79 Å². The minimum Gasteiger partial charge on any atom is -0.302 e. The Morgan fingerprint density at radius 2 is 1.85 bits per heavy atom. The molecule has 6 heteroatoms. The lowest BCUT2D eigenvalue weighted by atomic mass is 9.89. The number of imide groups is 2. The predicted octanol–water partition coefficient (Wildman–Crippen LogP) is 0.965. The van der Waals surface area contributed by atoms with E-state index in [1.54, 1.807) is 13.8 Å². The van der Waals surface area contributed by atoms with Crippen LogP contribution in [0.4, 0.5) is 4.79 Å². The van der Waals surface area contributed by atoms with Crippen LogP contribution in [-0.2, 0) is 9.59 Å². The molecule has 0 aromatic carbocycles. The molecule has 0 aromatic heterocycles. The monoisotopic (exact) mass is 281 g/mol. The van der Waals surface area contributed by atoms with Gasteiger partial charge in [0, 0.05) is 19.1 Å². The van der Waals surface area contributed by atoms with Crippen LogP contribution in [0.15, 0.2) is 0 Å². The van der Waals surface area contributed by atoms with Gasteiger partial charge >= 0.3 is 6.03 Å². The summed E-state index contributed by atoms with van der Waals surface area (Å²) < 4.78 is 0. The number of hydrogen-bond donors (Lipinski definition) is 1. The molecule has 1 heterocycles. The number of rotatable bonds is 4. The van der Waals surface area contributed by atoms with E-state index in [9.17, 15) is 14.4 Å². The molecule has 1 saturated heterocycles. The van der Waals surface area contributed by atoms with Crippen molar-refractivity contribution in [2.45, 2.75) is 45.6 Å². The van der Waals surface area contributed by atoms with Crippen LogP contribution in [-0.4, -0.2) is 53.8 Å². The Kier molecular flexibility index (Phi) is 4.13. The van der Waals surface area contributed by atoms with Crippen LogP contribution in [0.3, 0.4) is 0 Å². The van der Waals surface area contributed by atoms with Crippen molar-refractivity contribution in [3.63, 3.8) is 0 Å². The second kappa shape index (κ2) is 5.52. The Labute approximate surface area is 119 Å². The summed E-state index contributed by atoms with van der Waals surface area (Å²) in [4.78, 5) is 39.0. The van der Waals surface area contributed by atoms with E-state index in [4.69, 9.17) is 0 Å². The first-order valence-corrected chi connectivity index (χ1v) is 7.21. The summed E-state index contributed by atoms with van der Waals surface area (Å²) in [5.41, 5.74) is -1.17. The second-order valence-electron chi connectivity index (χ2n) is 6.26. The van der Waals surface area contributed by atoms with Gasteiger partial charge in [-0.1, -0.05) is 12.8 Å². The molecule has 20 heavy (non-hydrogen) atoms. The van der Waals surface area contributed by atoms with Gasteiger partial charge in [0.25, 0.3) is 0 Å².